The first-order chi connectivity index (χ1) is 9.20. The van der Waals surface area contributed by atoms with Crippen LogP contribution in [0.5, 0.6) is 0 Å². The average Bonchev–Trinajstić information content (AvgIpc) is 2.42. The van der Waals surface area contributed by atoms with E-state index in [1.807, 2.05) is 36.1 Å². The molecule has 0 N–H and O–H groups in total. The molecule has 0 unspecified atom stereocenters. The Kier molecular flexibility index (Phi) is 4.30. The van der Waals surface area contributed by atoms with E-state index in [0.29, 0.717) is 6.54 Å². The molecule has 0 aromatic heterocycles. The summed E-state index contributed by atoms with van der Waals surface area (Å²) in [5, 5.41) is 3.81. The molecule has 0 spiro atoms. The number of ketones is 1. The lowest BCUT2D eigenvalue weighted by Crippen LogP contribution is -2.39. The van der Waals surface area contributed by atoms with Crippen LogP contribution in [0.4, 0.5) is 0 Å². The summed E-state index contributed by atoms with van der Waals surface area (Å²) in [4.78, 5) is 17.2. The molecular weight excluding hydrogens is 238 g/mol. The molecule has 1 aromatic carbocycles. The van der Waals surface area contributed by atoms with Gasteiger partial charge in [-0.15, -0.1) is 4.95 Å². The van der Waals surface area contributed by atoms with Crippen LogP contribution in [0.3, 0.4) is 0 Å². The molecule has 0 saturated carbocycles. The molecule has 4 heteroatoms. The minimum atomic E-state index is 0.0829. The molecule has 1 saturated heterocycles. The van der Waals surface area contributed by atoms with Crippen LogP contribution >= 0.6 is 0 Å². The van der Waals surface area contributed by atoms with Crippen molar-refractivity contribution < 1.29 is 4.79 Å². The number of rotatable bonds is 3. The molecule has 0 bridgehead atoms. The number of hydrogen-bond acceptors (Lipinski definition) is 2. The van der Waals surface area contributed by atoms with Crippen LogP contribution in [0.1, 0.15) is 35.2 Å². The number of likely N-dealkylation sites (tertiary alicyclic amines) is 1. The Morgan fingerprint density at radius 2 is 2.11 bits per heavy atom. The highest BCUT2D eigenvalue weighted by Crippen LogP contribution is 2.14. The van der Waals surface area contributed by atoms with Crippen LogP contribution in [-0.2, 0) is 0 Å². The molecule has 1 aliphatic rings. The van der Waals surface area contributed by atoms with E-state index >= 15 is 0 Å². The second kappa shape index (κ2) is 6.14. The molecule has 1 heterocycles. The van der Waals surface area contributed by atoms with Gasteiger partial charge >= 0.3 is 0 Å². The molecule has 19 heavy (non-hydrogen) atoms. The molecule has 0 atom stereocenters. The predicted octanol–water partition coefficient (Wildman–Crippen LogP) is 2.90. The van der Waals surface area contributed by atoms with Gasteiger partial charge in [-0.05, 0) is 19.8 Å². The van der Waals surface area contributed by atoms with E-state index in [1.54, 1.807) is 0 Å². The molecule has 0 aliphatic carbocycles. The number of carbonyl (C=O) groups excluding carboxylic acids is 1. The highest BCUT2D eigenvalue weighted by Gasteiger charge is 2.21. The van der Waals surface area contributed by atoms with Crippen molar-refractivity contribution in [3.05, 3.63) is 46.9 Å². The number of hydrogen-bond donors (Lipinski definition) is 0. The zero-order valence-electron chi connectivity index (χ0n) is 11.1. The van der Waals surface area contributed by atoms with E-state index in [-0.39, 0.29) is 5.78 Å². The van der Waals surface area contributed by atoms with Crippen molar-refractivity contribution in [2.45, 2.75) is 26.2 Å². The fraction of sp³-hybridized carbons (Fsp3) is 0.400. The van der Waals surface area contributed by atoms with Crippen molar-refractivity contribution in [1.29, 1.82) is 0 Å². The number of benzene rings is 1. The van der Waals surface area contributed by atoms with Gasteiger partial charge in [-0.3, -0.25) is 4.79 Å². The maximum Gasteiger partial charge on any atom is 0.188 e. The van der Waals surface area contributed by atoms with Crippen LogP contribution in [0.2, 0.25) is 0 Å². The number of carbonyl (C=O) groups is 1. The maximum absolute atomic E-state index is 12.2. The Labute approximate surface area is 113 Å². The van der Waals surface area contributed by atoms with Gasteiger partial charge < -0.3 is 4.90 Å². The van der Waals surface area contributed by atoms with E-state index in [1.165, 1.54) is 0 Å². The summed E-state index contributed by atoms with van der Waals surface area (Å²) >= 11 is 0. The number of piperidine rings is 1. The monoisotopic (exact) mass is 255 g/mol. The Bertz CT molecular complexity index is 525. The van der Waals surface area contributed by atoms with Crippen LogP contribution < -0.4 is 0 Å². The van der Waals surface area contributed by atoms with Crippen LogP contribution in [-0.4, -0.2) is 29.6 Å². The normalized spacial score (nSPS) is 17.3. The van der Waals surface area contributed by atoms with E-state index in [0.717, 1.165) is 42.8 Å². The quantitative estimate of drug-likeness (QED) is 0.473. The van der Waals surface area contributed by atoms with Gasteiger partial charge in [0.2, 0.25) is 0 Å². The molecule has 4 nitrogen and oxygen atoms in total. The van der Waals surface area contributed by atoms with E-state index in [2.05, 4.69) is 10.1 Å². The topological polar surface area (TPSA) is 37.0 Å². The Balaban J connectivity index is 2.07. The fourth-order valence-corrected chi connectivity index (χ4v) is 2.22. The fourth-order valence-electron chi connectivity index (χ4n) is 2.22. The molecule has 0 radical (unpaired) electrons. The lowest BCUT2D eigenvalue weighted by atomic mass is 10.1. The summed E-state index contributed by atoms with van der Waals surface area (Å²) in [6.07, 6.45) is 2.89. The van der Waals surface area contributed by atoms with Crippen LogP contribution in [0.15, 0.2) is 29.4 Å². The first kappa shape index (κ1) is 13.3. The third kappa shape index (κ3) is 3.41. The molecular formula is C15H17N3O. The number of Topliss-reactive ketones (excluding diaryl/α,β-unsaturated/α-hetero) is 1. The lowest BCUT2D eigenvalue weighted by molar-refractivity contribution is 0.0959. The van der Waals surface area contributed by atoms with Gasteiger partial charge in [-0.2, -0.15) is 6.57 Å². The molecule has 98 valence electrons. The molecule has 1 aromatic rings. The van der Waals surface area contributed by atoms with Crippen LogP contribution in [0, 0.1) is 13.5 Å². The standard InChI is InChI=1S/C15H17N3O/c1-12-6-8-13(9-7-12)14(19)11-18-10-4-3-5-15(18)17-16-2/h6-9H,3-5,10-11H2,1H3/b17-15+. The summed E-state index contributed by atoms with van der Waals surface area (Å²) in [5.74, 6) is 0.835. The molecule has 0 amide bonds. The van der Waals surface area contributed by atoms with E-state index < -0.39 is 0 Å². The minimum absolute atomic E-state index is 0.0829. The van der Waals surface area contributed by atoms with Gasteiger partial charge in [-0.25, -0.2) is 0 Å². The molecule has 1 fully saturated rings. The third-order valence-electron chi connectivity index (χ3n) is 3.32. The number of nitrogens with zero attached hydrogens (tertiary/aromatic N) is 3. The Morgan fingerprint density at radius 1 is 1.37 bits per heavy atom. The zero-order chi connectivity index (χ0) is 13.7. The van der Waals surface area contributed by atoms with Crippen LogP contribution in [0.25, 0.3) is 4.95 Å². The van der Waals surface area contributed by atoms with E-state index in [9.17, 15) is 4.79 Å². The maximum atomic E-state index is 12.2. The smallest absolute Gasteiger partial charge is 0.188 e. The predicted molar refractivity (Wildman–Crippen MR) is 75.0 cm³/mol. The average molecular weight is 255 g/mol. The van der Waals surface area contributed by atoms with E-state index in [4.69, 9.17) is 6.57 Å². The summed E-state index contributed by atoms with van der Waals surface area (Å²) in [6.45, 7) is 9.95. The molecule has 2 rings (SSSR count). The summed E-state index contributed by atoms with van der Waals surface area (Å²) in [6, 6.07) is 7.59. The summed E-state index contributed by atoms with van der Waals surface area (Å²) < 4.78 is 0. The minimum Gasteiger partial charge on any atom is -0.347 e. The van der Waals surface area contributed by atoms with Crippen molar-refractivity contribution in [2.75, 3.05) is 13.1 Å². The van der Waals surface area contributed by atoms with Gasteiger partial charge in [0.1, 0.15) is 5.10 Å². The second-order valence-corrected chi connectivity index (χ2v) is 4.78. The zero-order valence-corrected chi connectivity index (χ0v) is 11.1. The highest BCUT2D eigenvalue weighted by molar-refractivity contribution is 6.00. The van der Waals surface area contributed by atoms with Crippen molar-refractivity contribution >= 4 is 11.6 Å². The van der Waals surface area contributed by atoms with Crippen molar-refractivity contribution in [3.8, 4) is 0 Å². The van der Waals surface area contributed by atoms with Gasteiger partial charge in [0.15, 0.2) is 11.6 Å². The first-order valence-corrected chi connectivity index (χ1v) is 6.49. The largest absolute Gasteiger partial charge is 0.347 e. The van der Waals surface area contributed by atoms with Gasteiger partial charge in [0.25, 0.3) is 0 Å². The van der Waals surface area contributed by atoms with Gasteiger partial charge in [-0.1, -0.05) is 29.8 Å². The van der Waals surface area contributed by atoms with Crippen molar-refractivity contribution in [1.82, 2.24) is 4.90 Å². The first-order valence-electron chi connectivity index (χ1n) is 6.49. The Morgan fingerprint density at radius 3 is 2.79 bits per heavy atom. The van der Waals surface area contributed by atoms with Crippen molar-refractivity contribution in [2.24, 2.45) is 5.10 Å². The second-order valence-electron chi connectivity index (χ2n) is 4.78. The summed E-state index contributed by atoms with van der Waals surface area (Å²) in [5.41, 5.74) is 1.86. The Hall–Kier alpha value is -2.15. The SMILES string of the molecule is [C-]#[N+]/N=C1\CCCCN1CC(=O)c1ccc(C)cc1. The highest BCUT2D eigenvalue weighted by atomic mass is 16.1. The number of aryl methyl sites for hydroxylation is 1. The van der Waals surface area contributed by atoms with Gasteiger partial charge in [0.05, 0.1) is 6.54 Å². The van der Waals surface area contributed by atoms with Gasteiger partial charge in [0, 0.05) is 18.5 Å². The van der Waals surface area contributed by atoms with Crippen molar-refractivity contribution in [3.63, 3.8) is 0 Å². The summed E-state index contributed by atoms with van der Waals surface area (Å²) in [7, 11) is 0. The molecule has 1 aliphatic heterocycles. The lowest BCUT2D eigenvalue weighted by Gasteiger charge is -2.27. The number of amidine groups is 1. The third-order valence-corrected chi connectivity index (χ3v) is 3.32.